The van der Waals surface area contributed by atoms with E-state index in [0.29, 0.717) is 5.56 Å². The van der Waals surface area contributed by atoms with Crippen LogP contribution in [-0.2, 0) is 4.79 Å². The Bertz CT molecular complexity index is 1060. The summed E-state index contributed by atoms with van der Waals surface area (Å²) in [7, 11) is 0. The van der Waals surface area contributed by atoms with Gasteiger partial charge >= 0.3 is 0 Å². The summed E-state index contributed by atoms with van der Waals surface area (Å²) in [5.41, 5.74) is 6.05. The van der Waals surface area contributed by atoms with Crippen molar-refractivity contribution in [3.05, 3.63) is 59.7 Å². The number of rotatable bonds is 8. The van der Waals surface area contributed by atoms with Crippen LogP contribution in [0.4, 0.5) is 5.69 Å². The molecule has 0 fully saturated rings. The molecule has 0 saturated carbocycles. The minimum absolute atomic E-state index is 0.127. The molecule has 0 saturated heterocycles. The van der Waals surface area contributed by atoms with Crippen LogP contribution in [0.1, 0.15) is 25.0 Å². The number of hydrogen-bond donors (Lipinski definition) is 2. The molecule has 0 unspecified atom stereocenters. The van der Waals surface area contributed by atoms with Crippen molar-refractivity contribution in [2.45, 2.75) is 25.8 Å². The highest BCUT2D eigenvalue weighted by atomic mass is 32.2. The number of aromatic nitrogens is 1. The number of nitrogens with one attached hydrogen (secondary N) is 1. The van der Waals surface area contributed by atoms with Gasteiger partial charge in [-0.1, -0.05) is 30.0 Å². The summed E-state index contributed by atoms with van der Waals surface area (Å²) in [6, 6.07) is 15.4. The number of para-hydroxylation sites is 1. The number of aryl methyl sites for hydroxylation is 1. The number of anilines is 1. The number of carbonyl (C=O) groups excluding carboxylic acids is 1. The summed E-state index contributed by atoms with van der Waals surface area (Å²) in [4.78, 5) is 18.9. The molecular weight excluding hydrogens is 396 g/mol. The zero-order valence-electron chi connectivity index (χ0n) is 17.4. The second-order valence-electron chi connectivity index (χ2n) is 6.79. The van der Waals surface area contributed by atoms with Gasteiger partial charge in [0.15, 0.2) is 0 Å². The molecule has 3 aromatic rings. The van der Waals surface area contributed by atoms with Crippen molar-refractivity contribution in [1.82, 2.24) is 10.4 Å². The number of amides is 1. The first kappa shape index (κ1) is 21.6. The zero-order valence-corrected chi connectivity index (χ0v) is 18.2. The number of pyridine rings is 1. The Kier molecular flexibility index (Phi) is 7.30. The predicted molar refractivity (Wildman–Crippen MR) is 125 cm³/mol. The van der Waals surface area contributed by atoms with Gasteiger partial charge < -0.3 is 10.0 Å². The molecule has 1 amide bonds. The topological polar surface area (TPSA) is 77.8 Å². The van der Waals surface area contributed by atoms with Crippen molar-refractivity contribution in [3.63, 3.8) is 0 Å². The summed E-state index contributed by atoms with van der Waals surface area (Å²) in [5.74, 6) is 0.0976. The third-order valence-electron chi connectivity index (χ3n) is 4.79. The zero-order chi connectivity index (χ0) is 21.5. The first-order chi connectivity index (χ1) is 14.5. The lowest BCUT2D eigenvalue weighted by molar-refractivity contribution is -0.118. The highest BCUT2D eigenvalue weighted by Crippen LogP contribution is 2.24. The van der Waals surface area contributed by atoms with Gasteiger partial charge in [-0.25, -0.2) is 10.4 Å². The second kappa shape index (κ2) is 10.1. The molecule has 0 aliphatic carbocycles. The molecular formula is C23H26N4O2S. The van der Waals surface area contributed by atoms with Crippen LogP contribution in [0.15, 0.2) is 58.7 Å². The SMILES string of the molecule is CCN(CC)c1ccc(/C=N/NC(=O)CSc2cc(C)c3ccccc3n2)c(O)c1. The third-order valence-corrected chi connectivity index (χ3v) is 5.70. The number of fused-ring (bicyclic) bond motifs is 1. The Balaban J connectivity index is 1.56. The van der Waals surface area contributed by atoms with Crippen molar-refractivity contribution in [1.29, 1.82) is 0 Å². The van der Waals surface area contributed by atoms with E-state index in [1.165, 1.54) is 18.0 Å². The number of phenols is 1. The fourth-order valence-electron chi connectivity index (χ4n) is 3.16. The van der Waals surface area contributed by atoms with Gasteiger partial charge in [0, 0.05) is 35.8 Å². The molecule has 156 valence electrons. The number of carbonyl (C=O) groups is 1. The Morgan fingerprint density at radius 1 is 1.20 bits per heavy atom. The smallest absolute Gasteiger partial charge is 0.250 e. The van der Waals surface area contributed by atoms with E-state index >= 15 is 0 Å². The molecule has 3 rings (SSSR count). The molecule has 2 aromatic carbocycles. The Morgan fingerprint density at radius 2 is 1.97 bits per heavy atom. The molecule has 2 N–H and O–H groups in total. The lowest BCUT2D eigenvalue weighted by Crippen LogP contribution is -2.21. The van der Waals surface area contributed by atoms with E-state index < -0.39 is 0 Å². The third kappa shape index (κ3) is 5.30. The first-order valence-electron chi connectivity index (χ1n) is 9.90. The number of aromatic hydroxyl groups is 1. The Morgan fingerprint density at radius 3 is 2.70 bits per heavy atom. The quantitative estimate of drug-likeness (QED) is 0.321. The van der Waals surface area contributed by atoms with E-state index in [9.17, 15) is 9.90 Å². The van der Waals surface area contributed by atoms with Crippen LogP contribution in [0, 0.1) is 6.92 Å². The van der Waals surface area contributed by atoms with Crippen LogP contribution in [0.2, 0.25) is 0 Å². The Labute approximate surface area is 181 Å². The van der Waals surface area contributed by atoms with Crippen LogP contribution in [0.3, 0.4) is 0 Å². The first-order valence-corrected chi connectivity index (χ1v) is 10.9. The number of nitrogens with zero attached hydrogens (tertiary/aromatic N) is 3. The number of thioether (sulfide) groups is 1. The monoisotopic (exact) mass is 422 g/mol. The van der Waals surface area contributed by atoms with Crippen LogP contribution < -0.4 is 10.3 Å². The minimum Gasteiger partial charge on any atom is -0.507 e. The van der Waals surface area contributed by atoms with Gasteiger partial charge in [-0.15, -0.1) is 0 Å². The number of hydrogen-bond acceptors (Lipinski definition) is 6. The summed E-state index contributed by atoms with van der Waals surface area (Å²) in [6.07, 6.45) is 1.45. The minimum atomic E-state index is -0.233. The largest absolute Gasteiger partial charge is 0.507 e. The summed E-state index contributed by atoms with van der Waals surface area (Å²) in [6.45, 7) is 7.90. The predicted octanol–water partition coefficient (Wildman–Crippen LogP) is 4.34. The average Bonchev–Trinajstić information content (AvgIpc) is 2.74. The fraction of sp³-hybridized carbons (Fsp3) is 0.261. The van der Waals surface area contributed by atoms with Crippen molar-refractivity contribution >= 4 is 40.5 Å². The van der Waals surface area contributed by atoms with E-state index in [0.717, 1.165) is 40.3 Å². The molecule has 1 aromatic heterocycles. The molecule has 1 heterocycles. The van der Waals surface area contributed by atoms with E-state index in [4.69, 9.17) is 0 Å². The van der Waals surface area contributed by atoms with Gasteiger partial charge in [0.2, 0.25) is 5.91 Å². The molecule has 0 bridgehead atoms. The second-order valence-corrected chi connectivity index (χ2v) is 7.79. The standard InChI is InChI=1S/C23H26N4O2S/c1-4-27(5-2)18-11-10-17(21(28)13-18)14-24-26-22(29)15-30-23-12-16(3)19-8-6-7-9-20(19)25-23/h6-14,28H,4-5,15H2,1-3H3,(H,26,29)/b24-14+. The van der Waals surface area contributed by atoms with E-state index in [1.54, 1.807) is 12.1 Å². The lowest BCUT2D eigenvalue weighted by Gasteiger charge is -2.21. The molecule has 0 radical (unpaired) electrons. The molecule has 0 atom stereocenters. The van der Waals surface area contributed by atoms with Crippen LogP contribution in [0.25, 0.3) is 10.9 Å². The summed E-state index contributed by atoms with van der Waals surface area (Å²) in [5, 5.41) is 16.1. The maximum Gasteiger partial charge on any atom is 0.250 e. The molecule has 6 nitrogen and oxygen atoms in total. The van der Waals surface area contributed by atoms with E-state index in [-0.39, 0.29) is 17.4 Å². The number of benzene rings is 2. The maximum atomic E-state index is 12.1. The summed E-state index contributed by atoms with van der Waals surface area (Å²) >= 11 is 1.37. The number of phenolic OH excluding ortho intramolecular Hbond substituents is 1. The number of hydrazone groups is 1. The van der Waals surface area contributed by atoms with Crippen LogP contribution >= 0.6 is 11.8 Å². The fourth-order valence-corrected chi connectivity index (χ4v) is 3.93. The molecule has 0 aliphatic rings. The normalized spacial score (nSPS) is 11.2. The molecule has 7 heteroatoms. The van der Waals surface area contributed by atoms with Crippen molar-refractivity contribution in [2.24, 2.45) is 5.10 Å². The van der Waals surface area contributed by atoms with Gasteiger partial charge in [0.1, 0.15) is 5.75 Å². The van der Waals surface area contributed by atoms with Gasteiger partial charge in [-0.05, 0) is 50.6 Å². The van der Waals surface area contributed by atoms with E-state index in [2.05, 4.69) is 34.3 Å². The molecule has 0 aliphatic heterocycles. The van der Waals surface area contributed by atoms with Gasteiger partial charge in [0.05, 0.1) is 22.5 Å². The molecule has 30 heavy (non-hydrogen) atoms. The highest BCUT2D eigenvalue weighted by Gasteiger charge is 2.08. The van der Waals surface area contributed by atoms with Gasteiger partial charge in [-0.2, -0.15) is 5.10 Å². The van der Waals surface area contributed by atoms with E-state index in [1.807, 2.05) is 43.3 Å². The van der Waals surface area contributed by atoms with Crippen molar-refractivity contribution in [3.8, 4) is 5.75 Å². The van der Waals surface area contributed by atoms with Crippen molar-refractivity contribution < 1.29 is 9.90 Å². The maximum absolute atomic E-state index is 12.1. The van der Waals surface area contributed by atoms with Crippen molar-refractivity contribution in [2.75, 3.05) is 23.7 Å². The van der Waals surface area contributed by atoms with Gasteiger partial charge in [0.25, 0.3) is 0 Å². The highest BCUT2D eigenvalue weighted by molar-refractivity contribution is 7.99. The average molecular weight is 423 g/mol. The lowest BCUT2D eigenvalue weighted by atomic mass is 10.1. The Hall–Kier alpha value is -3.06. The molecule has 0 spiro atoms. The van der Waals surface area contributed by atoms with Crippen LogP contribution in [0.5, 0.6) is 5.75 Å². The summed E-state index contributed by atoms with van der Waals surface area (Å²) < 4.78 is 0. The van der Waals surface area contributed by atoms with Crippen LogP contribution in [-0.4, -0.2) is 41.1 Å². The van der Waals surface area contributed by atoms with Gasteiger partial charge in [-0.3, -0.25) is 4.79 Å².